The Morgan fingerprint density at radius 1 is 1.59 bits per heavy atom. The molecule has 0 saturated heterocycles. The standard InChI is InChI=1S/C10H11ClN2O4/c1-3-17-10(15)7(14)4-6-5-8(16-2)12-13-9(6)11/h4-5,14H,3H2,1-2H3. The van der Waals surface area contributed by atoms with Crippen molar-refractivity contribution in [2.45, 2.75) is 6.92 Å². The molecule has 0 aliphatic carbocycles. The summed E-state index contributed by atoms with van der Waals surface area (Å²) in [6, 6.07) is 1.44. The zero-order chi connectivity index (χ0) is 12.8. The van der Waals surface area contributed by atoms with Crippen molar-refractivity contribution in [2.24, 2.45) is 0 Å². The van der Waals surface area contributed by atoms with Crippen LogP contribution in [0.5, 0.6) is 5.88 Å². The van der Waals surface area contributed by atoms with Gasteiger partial charge in [0.1, 0.15) is 0 Å². The smallest absolute Gasteiger partial charge is 0.373 e. The van der Waals surface area contributed by atoms with Gasteiger partial charge in [0.05, 0.1) is 13.7 Å². The molecule has 0 radical (unpaired) electrons. The molecule has 1 aromatic rings. The van der Waals surface area contributed by atoms with Crippen LogP contribution in [0.1, 0.15) is 12.5 Å². The van der Waals surface area contributed by atoms with Gasteiger partial charge in [-0.15, -0.1) is 10.2 Å². The molecule has 1 rings (SSSR count). The highest BCUT2D eigenvalue weighted by molar-refractivity contribution is 6.30. The highest BCUT2D eigenvalue weighted by atomic mass is 35.5. The lowest BCUT2D eigenvalue weighted by atomic mass is 10.2. The van der Waals surface area contributed by atoms with E-state index in [1.54, 1.807) is 6.92 Å². The number of aromatic nitrogens is 2. The molecule has 92 valence electrons. The van der Waals surface area contributed by atoms with Gasteiger partial charge in [-0.3, -0.25) is 0 Å². The third-order valence-corrected chi connectivity index (χ3v) is 2.03. The molecule has 0 fully saturated rings. The van der Waals surface area contributed by atoms with E-state index in [1.807, 2.05) is 0 Å². The van der Waals surface area contributed by atoms with Crippen LogP contribution in [0.25, 0.3) is 6.08 Å². The van der Waals surface area contributed by atoms with Crippen LogP contribution in [0.15, 0.2) is 11.8 Å². The van der Waals surface area contributed by atoms with Crippen molar-refractivity contribution < 1.29 is 19.4 Å². The van der Waals surface area contributed by atoms with E-state index >= 15 is 0 Å². The second-order valence-electron chi connectivity index (χ2n) is 2.88. The van der Waals surface area contributed by atoms with E-state index in [9.17, 15) is 9.90 Å². The van der Waals surface area contributed by atoms with Crippen molar-refractivity contribution in [1.29, 1.82) is 0 Å². The maximum atomic E-state index is 11.2. The molecule has 0 aromatic carbocycles. The number of carbonyl (C=O) groups excluding carboxylic acids is 1. The molecular formula is C10H11ClN2O4. The first-order valence-corrected chi connectivity index (χ1v) is 5.11. The second-order valence-corrected chi connectivity index (χ2v) is 3.24. The molecule has 0 aliphatic heterocycles. The Labute approximate surface area is 103 Å². The Morgan fingerprint density at radius 3 is 2.88 bits per heavy atom. The SMILES string of the molecule is CCOC(=O)C(O)=Cc1cc(OC)nnc1Cl. The summed E-state index contributed by atoms with van der Waals surface area (Å²) in [7, 11) is 1.41. The fourth-order valence-corrected chi connectivity index (χ4v) is 1.13. The molecule has 1 aromatic heterocycles. The first kappa shape index (κ1) is 13.2. The number of halogens is 1. The van der Waals surface area contributed by atoms with Gasteiger partial charge in [0.2, 0.25) is 11.6 Å². The van der Waals surface area contributed by atoms with Crippen molar-refractivity contribution in [1.82, 2.24) is 10.2 Å². The van der Waals surface area contributed by atoms with Crippen LogP contribution in [0.3, 0.4) is 0 Å². The predicted octanol–water partition coefficient (Wildman–Crippen LogP) is 1.60. The van der Waals surface area contributed by atoms with Gasteiger partial charge in [0.25, 0.3) is 0 Å². The van der Waals surface area contributed by atoms with Gasteiger partial charge in [-0.2, -0.15) is 0 Å². The summed E-state index contributed by atoms with van der Waals surface area (Å²) in [6.45, 7) is 1.80. The molecule has 0 spiro atoms. The van der Waals surface area contributed by atoms with Gasteiger partial charge in [-0.05, 0) is 13.0 Å². The van der Waals surface area contributed by atoms with E-state index in [2.05, 4.69) is 14.9 Å². The van der Waals surface area contributed by atoms with E-state index < -0.39 is 11.7 Å². The molecule has 0 saturated carbocycles. The van der Waals surface area contributed by atoms with Gasteiger partial charge in [0, 0.05) is 11.6 Å². The fourth-order valence-electron chi connectivity index (χ4n) is 0.985. The van der Waals surface area contributed by atoms with Crippen molar-refractivity contribution in [3.63, 3.8) is 0 Å². The Hall–Kier alpha value is -1.82. The van der Waals surface area contributed by atoms with E-state index in [4.69, 9.17) is 16.3 Å². The maximum Gasteiger partial charge on any atom is 0.373 e. The van der Waals surface area contributed by atoms with Crippen LogP contribution in [-0.2, 0) is 9.53 Å². The van der Waals surface area contributed by atoms with Gasteiger partial charge < -0.3 is 14.6 Å². The number of aliphatic hydroxyl groups is 1. The Kier molecular flexibility index (Phi) is 4.71. The summed E-state index contributed by atoms with van der Waals surface area (Å²) >= 11 is 5.74. The normalized spacial score (nSPS) is 11.1. The highest BCUT2D eigenvalue weighted by Crippen LogP contribution is 2.19. The number of hydrogen-bond donors (Lipinski definition) is 1. The van der Waals surface area contributed by atoms with Crippen molar-refractivity contribution in [3.8, 4) is 5.88 Å². The van der Waals surface area contributed by atoms with Crippen molar-refractivity contribution in [3.05, 3.63) is 22.5 Å². The van der Waals surface area contributed by atoms with Crippen LogP contribution in [-0.4, -0.2) is 35.0 Å². The molecule has 0 atom stereocenters. The van der Waals surface area contributed by atoms with Crippen LogP contribution in [0.2, 0.25) is 5.15 Å². The van der Waals surface area contributed by atoms with E-state index in [-0.39, 0.29) is 17.6 Å². The second kappa shape index (κ2) is 6.05. The Morgan fingerprint density at radius 2 is 2.29 bits per heavy atom. The molecular weight excluding hydrogens is 248 g/mol. The number of rotatable bonds is 4. The highest BCUT2D eigenvalue weighted by Gasteiger charge is 2.11. The number of methoxy groups -OCH3 is 1. The quantitative estimate of drug-likeness (QED) is 0.502. The largest absolute Gasteiger partial charge is 0.502 e. The van der Waals surface area contributed by atoms with E-state index in [1.165, 1.54) is 13.2 Å². The molecule has 7 heteroatoms. The van der Waals surface area contributed by atoms with Gasteiger partial charge in [0.15, 0.2) is 5.15 Å². The summed E-state index contributed by atoms with van der Waals surface area (Å²) in [5.74, 6) is -1.18. The van der Waals surface area contributed by atoms with Crippen molar-refractivity contribution >= 4 is 23.6 Å². The average molecular weight is 259 g/mol. The molecule has 0 bridgehead atoms. The minimum absolute atomic E-state index is 0.0432. The monoisotopic (exact) mass is 258 g/mol. The number of aliphatic hydroxyl groups excluding tert-OH is 1. The van der Waals surface area contributed by atoms with Crippen LogP contribution in [0, 0.1) is 0 Å². The van der Waals surface area contributed by atoms with Gasteiger partial charge >= 0.3 is 5.97 Å². The first-order valence-electron chi connectivity index (χ1n) is 4.73. The minimum atomic E-state index is -0.834. The van der Waals surface area contributed by atoms with E-state index in [0.717, 1.165) is 6.08 Å². The van der Waals surface area contributed by atoms with E-state index in [0.29, 0.717) is 5.56 Å². The number of carbonyl (C=O) groups is 1. The van der Waals surface area contributed by atoms with Crippen LogP contribution < -0.4 is 4.74 Å². The third kappa shape index (κ3) is 3.60. The average Bonchev–Trinajstić information content (AvgIpc) is 2.32. The lowest BCUT2D eigenvalue weighted by molar-refractivity contribution is -0.141. The minimum Gasteiger partial charge on any atom is -0.502 e. The molecule has 17 heavy (non-hydrogen) atoms. The van der Waals surface area contributed by atoms with Crippen LogP contribution in [0.4, 0.5) is 0 Å². The molecule has 1 heterocycles. The lowest BCUT2D eigenvalue weighted by Crippen LogP contribution is -2.07. The molecule has 0 aliphatic rings. The zero-order valence-corrected chi connectivity index (χ0v) is 10.1. The number of nitrogens with zero attached hydrogens (tertiary/aromatic N) is 2. The summed E-state index contributed by atoms with van der Waals surface area (Å²) in [5.41, 5.74) is 0.309. The maximum absolute atomic E-state index is 11.2. The summed E-state index contributed by atoms with van der Waals surface area (Å²) in [6.07, 6.45) is 1.14. The lowest BCUT2D eigenvalue weighted by Gasteiger charge is -2.02. The third-order valence-electron chi connectivity index (χ3n) is 1.74. The topological polar surface area (TPSA) is 81.5 Å². The Bertz CT molecular complexity index is 448. The first-order chi connectivity index (χ1) is 8.08. The van der Waals surface area contributed by atoms with Gasteiger partial charge in [-0.25, -0.2) is 4.79 Å². The van der Waals surface area contributed by atoms with Crippen molar-refractivity contribution in [2.75, 3.05) is 13.7 Å². The molecule has 6 nitrogen and oxygen atoms in total. The number of ether oxygens (including phenoxy) is 2. The Balaban J connectivity index is 3.00. The van der Waals surface area contributed by atoms with Gasteiger partial charge in [-0.1, -0.05) is 11.6 Å². The summed E-state index contributed by atoms with van der Waals surface area (Å²) in [5, 5.41) is 16.7. The summed E-state index contributed by atoms with van der Waals surface area (Å²) in [4.78, 5) is 11.2. The zero-order valence-electron chi connectivity index (χ0n) is 9.31. The fraction of sp³-hybridized carbons (Fsp3) is 0.300. The number of esters is 1. The molecule has 0 amide bonds. The summed E-state index contributed by atoms with van der Waals surface area (Å²) < 4.78 is 9.44. The molecule has 0 unspecified atom stereocenters. The predicted molar refractivity (Wildman–Crippen MR) is 60.8 cm³/mol. The molecule has 1 N–H and O–H groups in total. The van der Waals surface area contributed by atoms with Crippen LogP contribution >= 0.6 is 11.6 Å². The number of hydrogen-bond acceptors (Lipinski definition) is 6.